The van der Waals surface area contributed by atoms with Gasteiger partial charge in [-0.2, -0.15) is 4.98 Å². The molecule has 36 heavy (non-hydrogen) atoms. The third-order valence-corrected chi connectivity index (χ3v) is 5.79. The molecule has 3 aromatic rings. The summed E-state index contributed by atoms with van der Waals surface area (Å²) in [6, 6.07) is 8.88. The summed E-state index contributed by atoms with van der Waals surface area (Å²) in [5, 5.41) is 6.23. The number of thiol groups is 1. The first kappa shape index (κ1) is 26.6. The number of benzene rings is 1. The van der Waals surface area contributed by atoms with Crippen LogP contribution >= 0.6 is 0 Å². The van der Waals surface area contributed by atoms with E-state index in [-0.39, 0.29) is 24.1 Å². The van der Waals surface area contributed by atoms with Crippen LogP contribution in [0.2, 0.25) is 0 Å². The fraction of sp³-hybridized carbons (Fsp3) is 0.304. The molecule has 0 saturated carbocycles. The highest BCUT2D eigenvalue weighted by atomic mass is 32.2. The number of hydrogen-bond acceptors (Lipinski definition) is 10. The quantitative estimate of drug-likeness (QED) is 0.222. The lowest BCUT2D eigenvalue weighted by molar-refractivity contribution is 0.0365. The van der Waals surface area contributed by atoms with E-state index in [9.17, 15) is 13.2 Å². The zero-order valence-electron chi connectivity index (χ0n) is 20.6. The molecule has 0 aliphatic carbocycles. The molecule has 3 rings (SSSR count). The van der Waals surface area contributed by atoms with Crippen LogP contribution in [0.4, 0.5) is 28.7 Å². The molecule has 1 amide bonds. The maximum Gasteiger partial charge on any atom is 0.318 e. The number of pyridine rings is 1. The molecule has 13 heteroatoms. The Hall–Kier alpha value is -3.97. The largest absolute Gasteiger partial charge is 0.467 e. The first-order valence-corrected chi connectivity index (χ1v) is 12.2. The first-order chi connectivity index (χ1) is 17.2. The molecular formula is C23H29N7O5S. The van der Waals surface area contributed by atoms with Gasteiger partial charge in [0.05, 0.1) is 36.3 Å². The summed E-state index contributed by atoms with van der Waals surface area (Å²) in [5.74, 6) is 0.460. The molecule has 12 nitrogen and oxygen atoms in total. The molecule has 1 aromatic carbocycles. The Kier molecular flexibility index (Phi) is 8.97. The van der Waals surface area contributed by atoms with Crippen molar-refractivity contribution in [2.24, 2.45) is 0 Å². The number of methoxy groups -OCH3 is 1. The van der Waals surface area contributed by atoms with Gasteiger partial charge in [0.2, 0.25) is 10.9 Å². The van der Waals surface area contributed by atoms with E-state index in [1.54, 1.807) is 31.2 Å². The average Bonchev–Trinajstić information content (AvgIpc) is 2.87. The van der Waals surface area contributed by atoms with Crippen LogP contribution in [0, 0.1) is 0 Å². The Morgan fingerprint density at radius 2 is 1.86 bits per heavy atom. The van der Waals surface area contributed by atoms with Gasteiger partial charge in [0.15, 0.2) is 0 Å². The van der Waals surface area contributed by atoms with Crippen molar-refractivity contribution in [2.45, 2.75) is 26.7 Å². The van der Waals surface area contributed by atoms with Crippen molar-refractivity contribution in [2.75, 3.05) is 35.7 Å². The van der Waals surface area contributed by atoms with Crippen molar-refractivity contribution in [3.05, 3.63) is 53.9 Å². The minimum absolute atomic E-state index is 0.177. The summed E-state index contributed by atoms with van der Waals surface area (Å²) >= 11 is 0. The second-order valence-corrected chi connectivity index (χ2v) is 8.93. The molecule has 192 valence electrons. The fourth-order valence-electron chi connectivity index (χ4n) is 3.16. The smallest absolute Gasteiger partial charge is 0.318 e. The Morgan fingerprint density at radius 3 is 2.53 bits per heavy atom. The summed E-state index contributed by atoms with van der Waals surface area (Å²) < 4.78 is 29.8. The second-order valence-electron chi connectivity index (χ2n) is 7.85. The molecule has 0 aliphatic heterocycles. The zero-order valence-corrected chi connectivity index (χ0v) is 21.5. The molecule has 0 fully saturated rings. The SMILES string of the molecule is CCONC(=O)c1cnc(Nc2ccnc(OC)n2)cc1Nc1ccc(C(C)C)cc1N(C)[SH](=O)=O. The number of ether oxygens (including phenoxy) is 1. The van der Waals surface area contributed by atoms with Gasteiger partial charge in [0, 0.05) is 25.5 Å². The molecule has 0 aliphatic rings. The van der Waals surface area contributed by atoms with E-state index in [4.69, 9.17) is 9.57 Å². The van der Waals surface area contributed by atoms with Crippen LogP contribution < -0.4 is 25.2 Å². The molecule has 0 spiro atoms. The van der Waals surface area contributed by atoms with Gasteiger partial charge in [-0.3, -0.25) is 13.9 Å². The second kappa shape index (κ2) is 12.1. The summed E-state index contributed by atoms with van der Waals surface area (Å²) in [7, 11) is 0.0279. The standard InChI is InChI=1S/C23H29N7O5S/c1-6-35-29-22(31)16-13-25-21(27-20-9-10-24-23(28-20)34-5)12-18(16)26-17-8-7-15(14(2)3)11-19(17)30(4)36(32)33/h7-14,36H,6H2,1-5H3,(H,29,31)(H2,24,25,26,27,28). The van der Waals surface area contributed by atoms with E-state index >= 15 is 0 Å². The molecule has 0 unspecified atom stereocenters. The van der Waals surface area contributed by atoms with E-state index < -0.39 is 16.8 Å². The molecule has 0 bridgehead atoms. The summed E-state index contributed by atoms with van der Waals surface area (Å²) in [6.07, 6.45) is 2.90. The van der Waals surface area contributed by atoms with Gasteiger partial charge in [0.1, 0.15) is 11.6 Å². The van der Waals surface area contributed by atoms with Crippen molar-refractivity contribution in [3.63, 3.8) is 0 Å². The third-order valence-electron chi connectivity index (χ3n) is 5.08. The molecule has 0 atom stereocenters. The number of hydrogen-bond donors (Lipinski definition) is 4. The zero-order chi connectivity index (χ0) is 26.2. The number of anilines is 5. The average molecular weight is 516 g/mol. The molecular weight excluding hydrogens is 486 g/mol. The fourth-order valence-corrected chi connectivity index (χ4v) is 3.50. The summed E-state index contributed by atoms with van der Waals surface area (Å²) in [5.41, 5.74) is 4.77. The number of rotatable bonds is 11. The Labute approximate surface area is 211 Å². The van der Waals surface area contributed by atoms with Gasteiger partial charge in [-0.05, 0) is 36.6 Å². The number of nitrogens with one attached hydrogen (secondary N) is 3. The van der Waals surface area contributed by atoms with Gasteiger partial charge in [-0.1, -0.05) is 19.9 Å². The van der Waals surface area contributed by atoms with Crippen LogP contribution in [0.5, 0.6) is 6.01 Å². The van der Waals surface area contributed by atoms with Gasteiger partial charge in [-0.15, -0.1) is 0 Å². The number of carbonyl (C=O) groups is 1. The van der Waals surface area contributed by atoms with Crippen molar-refractivity contribution < 1.29 is 22.8 Å². The van der Waals surface area contributed by atoms with Crippen molar-refractivity contribution in [3.8, 4) is 6.01 Å². The molecule has 0 saturated heterocycles. The van der Waals surface area contributed by atoms with Gasteiger partial charge < -0.3 is 15.4 Å². The number of aromatic nitrogens is 3. The van der Waals surface area contributed by atoms with E-state index in [1.807, 2.05) is 19.9 Å². The third kappa shape index (κ3) is 6.58. The lowest BCUT2D eigenvalue weighted by atomic mass is 10.0. The number of amides is 1. The van der Waals surface area contributed by atoms with Crippen LogP contribution in [0.25, 0.3) is 0 Å². The maximum absolute atomic E-state index is 12.8. The van der Waals surface area contributed by atoms with E-state index in [0.29, 0.717) is 28.7 Å². The number of carbonyl (C=O) groups excluding carboxylic acids is 1. The highest BCUT2D eigenvalue weighted by Gasteiger charge is 2.18. The summed E-state index contributed by atoms with van der Waals surface area (Å²) in [6.45, 7) is 6.05. The van der Waals surface area contributed by atoms with Crippen molar-refractivity contribution in [1.82, 2.24) is 20.4 Å². The molecule has 2 heterocycles. The van der Waals surface area contributed by atoms with Crippen LogP contribution in [-0.4, -0.2) is 50.0 Å². The predicted molar refractivity (Wildman–Crippen MR) is 138 cm³/mol. The number of nitrogens with zero attached hydrogens (tertiary/aromatic N) is 4. The van der Waals surface area contributed by atoms with Gasteiger partial charge in [-0.25, -0.2) is 23.9 Å². The topological polar surface area (TPSA) is 148 Å². The lowest BCUT2D eigenvalue weighted by Crippen LogP contribution is -2.25. The normalized spacial score (nSPS) is 10.9. The molecule has 0 radical (unpaired) electrons. The van der Waals surface area contributed by atoms with Crippen molar-refractivity contribution in [1.29, 1.82) is 0 Å². The lowest BCUT2D eigenvalue weighted by Gasteiger charge is -2.21. The van der Waals surface area contributed by atoms with Crippen LogP contribution in [0.15, 0.2) is 42.7 Å². The van der Waals surface area contributed by atoms with Crippen LogP contribution in [0.3, 0.4) is 0 Å². The minimum Gasteiger partial charge on any atom is -0.467 e. The first-order valence-electron chi connectivity index (χ1n) is 11.1. The predicted octanol–water partition coefficient (Wildman–Crippen LogP) is 3.13. The molecule has 2 aromatic heterocycles. The Morgan fingerprint density at radius 1 is 1.08 bits per heavy atom. The Bertz CT molecular complexity index is 1290. The highest BCUT2D eigenvalue weighted by molar-refractivity contribution is 7.74. The van der Waals surface area contributed by atoms with Gasteiger partial charge >= 0.3 is 6.01 Å². The van der Waals surface area contributed by atoms with Crippen molar-refractivity contribution >= 4 is 45.5 Å². The van der Waals surface area contributed by atoms with Crippen LogP contribution in [0.1, 0.15) is 42.6 Å². The van der Waals surface area contributed by atoms with E-state index in [2.05, 4.69) is 31.1 Å². The van der Waals surface area contributed by atoms with Gasteiger partial charge in [0.25, 0.3) is 5.91 Å². The maximum atomic E-state index is 12.8. The van der Waals surface area contributed by atoms with E-state index in [0.717, 1.165) is 9.87 Å². The van der Waals surface area contributed by atoms with Crippen LogP contribution in [-0.2, 0) is 15.7 Å². The monoisotopic (exact) mass is 515 g/mol. The molecule has 3 N–H and O–H groups in total. The highest BCUT2D eigenvalue weighted by Crippen LogP contribution is 2.33. The van der Waals surface area contributed by atoms with E-state index in [1.165, 1.54) is 26.6 Å². The number of hydroxylamine groups is 1. The Balaban J connectivity index is 2.05. The summed E-state index contributed by atoms with van der Waals surface area (Å²) in [4.78, 5) is 30.3. The minimum atomic E-state index is -2.89.